The number of rotatable bonds is 9. The quantitative estimate of drug-likeness (QED) is 0.0325. The molecular formula is C33H36F9N5O3S+2. The van der Waals surface area contributed by atoms with Crippen LogP contribution in [0.15, 0.2) is 98.1 Å². The van der Waals surface area contributed by atoms with Crippen LogP contribution in [0.3, 0.4) is 0 Å². The number of hydrogen-bond donors (Lipinski definition) is 2. The van der Waals surface area contributed by atoms with Gasteiger partial charge < -0.3 is 0 Å². The number of nitrogens with one attached hydrogen (secondary N) is 1. The summed E-state index contributed by atoms with van der Waals surface area (Å²) in [6.45, 7) is 2.19. The van der Waals surface area contributed by atoms with E-state index in [4.69, 9.17) is 13.0 Å². The molecule has 0 aliphatic rings. The van der Waals surface area contributed by atoms with Gasteiger partial charge in [-0.2, -0.15) is 21.6 Å². The Kier molecular flexibility index (Phi) is 16.7. The van der Waals surface area contributed by atoms with Crippen molar-refractivity contribution in [3.63, 3.8) is 0 Å². The van der Waals surface area contributed by atoms with E-state index in [1.54, 1.807) is 0 Å². The smallest absolute Gasteiger partial charge is 0.279 e. The molecule has 51 heavy (non-hydrogen) atoms. The monoisotopic (exact) mass is 753 g/mol. The van der Waals surface area contributed by atoms with Crippen LogP contribution in [0.1, 0.15) is 24.0 Å². The first kappa shape index (κ1) is 42.3. The Bertz CT molecular complexity index is 1780. The summed E-state index contributed by atoms with van der Waals surface area (Å²) >= 11 is 0. The molecule has 0 aliphatic heterocycles. The lowest BCUT2D eigenvalue weighted by Crippen LogP contribution is -2.23. The number of nitrogens with zero attached hydrogens (tertiary/aromatic N) is 4. The maximum Gasteiger partial charge on any atom is 0.522 e. The summed E-state index contributed by atoms with van der Waals surface area (Å²) in [5, 5.41) is 0. The highest BCUT2D eigenvalue weighted by atomic mass is 32.2. The normalized spacial score (nSPS) is 11.0. The molecule has 5 aromatic rings. The molecule has 0 unspecified atom stereocenters. The number of imidazole rings is 2. The second kappa shape index (κ2) is 20.1. The number of halogens is 9. The predicted molar refractivity (Wildman–Crippen MR) is 169 cm³/mol. The van der Waals surface area contributed by atoms with E-state index in [2.05, 4.69) is 116 Å². The van der Waals surface area contributed by atoms with Crippen LogP contribution in [0.2, 0.25) is 0 Å². The highest BCUT2D eigenvalue weighted by Gasteiger charge is 2.44. The van der Waals surface area contributed by atoms with Crippen molar-refractivity contribution in [2.24, 2.45) is 14.1 Å². The molecule has 18 heteroatoms. The molecule has 2 aromatic heterocycles. The molecule has 2 heterocycles. The molecule has 2 N–H and O–H groups in total. The summed E-state index contributed by atoms with van der Waals surface area (Å²) in [7, 11) is -1.74. The van der Waals surface area contributed by atoms with Crippen molar-refractivity contribution in [3.05, 3.63) is 138 Å². The van der Waals surface area contributed by atoms with Crippen molar-refractivity contribution < 1.29 is 61.7 Å². The van der Waals surface area contributed by atoms with Gasteiger partial charge in [-0.1, -0.05) is 60.7 Å². The minimum absolute atomic E-state index is 0.376. The first-order valence-corrected chi connectivity index (χ1v) is 16.4. The second-order valence-corrected chi connectivity index (χ2v) is 12.2. The van der Waals surface area contributed by atoms with Crippen molar-refractivity contribution >= 4 is 15.8 Å². The number of benzene rings is 3. The van der Waals surface area contributed by atoms with Crippen LogP contribution in [0.25, 0.3) is 0 Å². The van der Waals surface area contributed by atoms with Crippen molar-refractivity contribution in [1.29, 1.82) is 0 Å². The number of anilines is 1. The minimum Gasteiger partial charge on any atom is -0.279 e. The first-order chi connectivity index (χ1) is 23.9. The van der Waals surface area contributed by atoms with Gasteiger partial charge in [0, 0.05) is 0 Å². The molecule has 0 spiro atoms. The Balaban J connectivity index is 0.000000242. The van der Waals surface area contributed by atoms with E-state index in [0.29, 0.717) is 5.54 Å². The number of alkyl halides is 3. The topological polar surface area (TPSA) is 84.0 Å². The molecule has 278 valence electrons. The van der Waals surface area contributed by atoms with Gasteiger partial charge in [0.25, 0.3) is 0 Å². The molecule has 0 saturated carbocycles. The molecule has 0 atom stereocenters. The summed E-state index contributed by atoms with van der Waals surface area (Å²) in [6.07, 6.45) is 17.3. The van der Waals surface area contributed by atoms with Crippen LogP contribution in [0.5, 0.6) is 0 Å². The Hall–Kier alpha value is -4.84. The summed E-state index contributed by atoms with van der Waals surface area (Å²) in [4.78, 5) is 0. The summed E-state index contributed by atoms with van der Waals surface area (Å²) in [5.41, 5.74) is -4.01. The molecule has 0 radical (unpaired) electrons. The van der Waals surface area contributed by atoms with Gasteiger partial charge in [0.1, 0.15) is 30.5 Å². The van der Waals surface area contributed by atoms with Crippen LogP contribution in [-0.2, 0) is 50.1 Å². The Morgan fingerprint density at radius 2 is 1.00 bits per heavy atom. The zero-order valence-corrected chi connectivity index (χ0v) is 28.2. The Morgan fingerprint density at radius 1 is 0.667 bits per heavy atom. The van der Waals surface area contributed by atoms with Crippen LogP contribution >= 0.6 is 0 Å². The van der Waals surface area contributed by atoms with Gasteiger partial charge in [-0.05, 0) is 36.8 Å². The first-order valence-electron chi connectivity index (χ1n) is 15.0. The molecular weight excluding hydrogens is 717 g/mol. The third kappa shape index (κ3) is 14.5. The number of aromatic nitrogens is 4. The molecule has 0 aliphatic carbocycles. The zero-order valence-electron chi connectivity index (χ0n) is 27.3. The van der Waals surface area contributed by atoms with E-state index in [9.17, 15) is 39.6 Å². The molecule has 5 rings (SSSR count). The van der Waals surface area contributed by atoms with Gasteiger partial charge in [0.05, 0.1) is 27.2 Å². The molecule has 8 nitrogen and oxygen atoms in total. The summed E-state index contributed by atoms with van der Waals surface area (Å²) < 4.78 is 139. The zero-order chi connectivity index (χ0) is 38.2. The second-order valence-electron chi connectivity index (χ2n) is 10.8. The molecule has 0 saturated heterocycles. The van der Waals surface area contributed by atoms with Crippen LogP contribution in [0.4, 0.5) is 45.3 Å². The lowest BCUT2D eigenvalue weighted by molar-refractivity contribution is -0.671. The van der Waals surface area contributed by atoms with Gasteiger partial charge in [-0.3, -0.25) is 4.55 Å². The van der Waals surface area contributed by atoms with E-state index >= 15 is 0 Å². The Labute approximate surface area is 288 Å². The minimum atomic E-state index is -5.84. The lowest BCUT2D eigenvalue weighted by atomic mass is 10.1. The highest BCUT2D eigenvalue weighted by molar-refractivity contribution is 7.86. The maximum absolute atomic E-state index is 12.4. The van der Waals surface area contributed by atoms with Crippen molar-refractivity contribution in [2.75, 3.05) is 5.54 Å². The van der Waals surface area contributed by atoms with E-state index in [1.165, 1.54) is 24.0 Å². The van der Waals surface area contributed by atoms with Gasteiger partial charge in [0.15, 0.2) is 23.3 Å². The molecule has 0 bridgehead atoms. The van der Waals surface area contributed by atoms with E-state index in [1.807, 2.05) is 14.1 Å². The fourth-order valence-electron chi connectivity index (χ4n) is 4.18. The van der Waals surface area contributed by atoms with Crippen LogP contribution < -0.4 is 14.7 Å². The lowest BCUT2D eigenvalue weighted by Gasteiger charge is -2.04. The van der Waals surface area contributed by atoms with Gasteiger partial charge in [0.2, 0.25) is 18.5 Å². The highest BCUT2D eigenvalue weighted by Crippen LogP contribution is 2.27. The van der Waals surface area contributed by atoms with Gasteiger partial charge in [-0.25, -0.2) is 45.8 Å². The van der Waals surface area contributed by atoms with Gasteiger partial charge >= 0.3 is 15.6 Å². The van der Waals surface area contributed by atoms with Crippen molar-refractivity contribution in [3.8, 4) is 0 Å². The fourth-order valence-corrected chi connectivity index (χ4v) is 4.18. The standard InChI is InChI=1S/2C13H17N2.C6HF6N.CHF3O3S/c2*1-14-10-11-15(12-14)9-5-8-13-6-3-2-4-7-13;7-1-2(8)4(10)6(13-12)5(11)3(1)9;2-1(3,4)8(5,6)7/h2*2-4,6-7,10-12H,5,8-9H2,1H3;13H;(H,5,6,7)/q2*+1;;. The average molecular weight is 754 g/mol. The fraction of sp³-hybridized carbons (Fsp3) is 0.273. The summed E-state index contributed by atoms with van der Waals surface area (Å²) in [5.74, 6) is -11.2. The summed E-state index contributed by atoms with van der Waals surface area (Å²) in [6, 6.07) is 21.3. The largest absolute Gasteiger partial charge is 0.522 e. The third-order valence-electron chi connectivity index (χ3n) is 6.69. The van der Waals surface area contributed by atoms with Crippen LogP contribution in [0, 0.1) is 29.1 Å². The van der Waals surface area contributed by atoms with E-state index in [-0.39, 0.29) is 0 Å². The average Bonchev–Trinajstić information content (AvgIpc) is 3.71. The molecule has 3 aromatic carbocycles. The van der Waals surface area contributed by atoms with Crippen molar-refractivity contribution in [2.45, 2.75) is 44.3 Å². The SMILES string of the molecule is C[n+]1ccn(CCCc2ccccc2)c1.C[n+]1ccn(CCCc2ccccc2)c1.FNc1c(F)c(F)c(F)c(F)c1F.O=S(=O)(O)C(F)(F)F. The number of aryl methyl sites for hydroxylation is 6. The molecule has 0 amide bonds. The van der Waals surface area contributed by atoms with Crippen LogP contribution in [-0.4, -0.2) is 27.6 Å². The third-order valence-corrected chi connectivity index (χ3v) is 7.28. The van der Waals surface area contributed by atoms with E-state index < -0.39 is 50.4 Å². The van der Waals surface area contributed by atoms with Gasteiger partial charge in [-0.15, -0.1) is 4.48 Å². The molecule has 0 fully saturated rings. The number of hydrogen-bond acceptors (Lipinski definition) is 3. The maximum atomic E-state index is 12.4. The Morgan fingerprint density at radius 3 is 1.27 bits per heavy atom. The van der Waals surface area contributed by atoms with E-state index in [0.717, 1.165) is 25.9 Å². The van der Waals surface area contributed by atoms with Crippen molar-refractivity contribution in [1.82, 2.24) is 9.13 Å². The predicted octanol–water partition coefficient (Wildman–Crippen LogP) is 6.96.